The topological polar surface area (TPSA) is 70.2 Å². The van der Waals surface area contributed by atoms with Crippen LogP contribution in [0.2, 0.25) is 0 Å². The average Bonchev–Trinajstić information content (AvgIpc) is 3.08. The molecule has 2 aliphatic rings. The molecule has 6 heteroatoms. The normalized spacial score (nSPS) is 21.5. The maximum atomic E-state index is 12.1. The molecule has 5 nitrogen and oxygen atoms in total. The van der Waals surface area contributed by atoms with Gasteiger partial charge in [0.25, 0.3) is 5.91 Å². The third-order valence-corrected chi connectivity index (χ3v) is 4.31. The predicted molar refractivity (Wildman–Crippen MR) is 79.8 cm³/mol. The minimum Gasteiger partial charge on any atom is -0.349 e. The van der Waals surface area contributed by atoms with E-state index in [9.17, 15) is 9.59 Å². The smallest absolute Gasteiger partial charge is 0.253 e. The van der Waals surface area contributed by atoms with Crippen LogP contribution >= 0.6 is 11.8 Å². The fourth-order valence-electron chi connectivity index (χ4n) is 2.06. The van der Waals surface area contributed by atoms with Gasteiger partial charge >= 0.3 is 0 Å². The van der Waals surface area contributed by atoms with E-state index in [1.807, 2.05) is 6.07 Å². The maximum absolute atomic E-state index is 12.1. The molecule has 106 valence electrons. The van der Waals surface area contributed by atoms with Crippen LogP contribution in [0.25, 0.3) is 0 Å². The Bertz CT molecular complexity index is 525. The van der Waals surface area contributed by atoms with Crippen LogP contribution < -0.4 is 16.0 Å². The molecule has 1 aromatic rings. The first-order chi connectivity index (χ1) is 9.74. The molecule has 3 N–H and O–H groups in total. The molecule has 1 aromatic carbocycles. The van der Waals surface area contributed by atoms with E-state index in [2.05, 4.69) is 16.0 Å². The van der Waals surface area contributed by atoms with Crippen molar-refractivity contribution in [3.8, 4) is 0 Å². The number of thioether (sulfide) groups is 1. The molecule has 3 rings (SSSR count). The van der Waals surface area contributed by atoms with Gasteiger partial charge < -0.3 is 10.6 Å². The number of carbonyl (C=O) groups is 2. The molecule has 1 saturated heterocycles. The second-order valence-electron chi connectivity index (χ2n) is 5.05. The molecule has 20 heavy (non-hydrogen) atoms. The zero-order valence-corrected chi connectivity index (χ0v) is 11.8. The van der Waals surface area contributed by atoms with E-state index < -0.39 is 0 Å². The molecule has 0 radical (unpaired) electrons. The van der Waals surface area contributed by atoms with Crippen molar-refractivity contribution in [1.82, 2.24) is 10.6 Å². The monoisotopic (exact) mass is 291 g/mol. The van der Waals surface area contributed by atoms with Crippen molar-refractivity contribution in [2.75, 3.05) is 16.9 Å². The number of nitrogens with one attached hydrogen (secondary N) is 3. The number of amides is 2. The highest BCUT2D eigenvalue weighted by molar-refractivity contribution is 7.99. The number of anilines is 1. The SMILES string of the molecule is O=C(NC1CC1)c1ccccc1NC(=O)C1CSCN1. The molecule has 1 unspecified atom stereocenters. The standard InChI is InChI=1S/C14H17N3O2S/c18-13(16-9-5-6-9)10-3-1-2-4-11(10)17-14(19)12-7-20-8-15-12/h1-4,9,12,15H,5-8H2,(H,16,18)(H,17,19). The Morgan fingerprint density at radius 1 is 1.25 bits per heavy atom. The number of carbonyl (C=O) groups excluding carboxylic acids is 2. The third kappa shape index (κ3) is 3.13. The van der Waals surface area contributed by atoms with Gasteiger partial charge in [0.1, 0.15) is 0 Å². The van der Waals surface area contributed by atoms with Crippen molar-refractivity contribution in [3.63, 3.8) is 0 Å². The summed E-state index contributed by atoms with van der Waals surface area (Å²) in [7, 11) is 0. The second-order valence-corrected chi connectivity index (χ2v) is 6.08. The van der Waals surface area contributed by atoms with E-state index in [0.29, 0.717) is 17.3 Å². The summed E-state index contributed by atoms with van der Waals surface area (Å²) in [6.45, 7) is 0. The van der Waals surface area contributed by atoms with Crippen LogP contribution in [0.5, 0.6) is 0 Å². The summed E-state index contributed by atoms with van der Waals surface area (Å²) in [5.74, 6) is 1.36. The molecular weight excluding hydrogens is 274 g/mol. The largest absolute Gasteiger partial charge is 0.349 e. The van der Waals surface area contributed by atoms with Crippen molar-refractivity contribution in [2.24, 2.45) is 0 Å². The molecule has 1 heterocycles. The molecule has 1 saturated carbocycles. The van der Waals surface area contributed by atoms with E-state index in [4.69, 9.17) is 0 Å². The van der Waals surface area contributed by atoms with Crippen LogP contribution in [-0.2, 0) is 4.79 Å². The van der Waals surface area contributed by atoms with E-state index in [-0.39, 0.29) is 17.9 Å². The molecule has 0 spiro atoms. The van der Waals surface area contributed by atoms with Crippen LogP contribution in [-0.4, -0.2) is 35.5 Å². The molecule has 0 aromatic heterocycles. The maximum Gasteiger partial charge on any atom is 0.253 e. The number of hydrogen-bond acceptors (Lipinski definition) is 4. The fraction of sp³-hybridized carbons (Fsp3) is 0.429. The highest BCUT2D eigenvalue weighted by atomic mass is 32.2. The molecule has 2 amide bonds. The van der Waals surface area contributed by atoms with Gasteiger partial charge in [-0.2, -0.15) is 0 Å². The van der Waals surface area contributed by atoms with Crippen LogP contribution in [0.15, 0.2) is 24.3 Å². The lowest BCUT2D eigenvalue weighted by Crippen LogP contribution is -2.38. The van der Waals surface area contributed by atoms with E-state index in [0.717, 1.165) is 24.5 Å². The van der Waals surface area contributed by atoms with Gasteiger partial charge in [0.15, 0.2) is 0 Å². The Hall–Kier alpha value is -1.53. The lowest BCUT2D eigenvalue weighted by Gasteiger charge is -2.13. The Morgan fingerprint density at radius 3 is 2.75 bits per heavy atom. The molecule has 0 bridgehead atoms. The Kier molecular flexibility index (Phi) is 3.93. The van der Waals surface area contributed by atoms with Crippen LogP contribution in [0.4, 0.5) is 5.69 Å². The minimum atomic E-state index is -0.181. The van der Waals surface area contributed by atoms with Gasteiger partial charge in [0, 0.05) is 17.7 Å². The number of hydrogen-bond donors (Lipinski definition) is 3. The van der Waals surface area contributed by atoms with Crippen molar-refractivity contribution in [3.05, 3.63) is 29.8 Å². The molecule has 1 aliphatic carbocycles. The molecular formula is C14H17N3O2S. The summed E-state index contributed by atoms with van der Waals surface area (Å²) in [5, 5.41) is 8.91. The molecule has 2 fully saturated rings. The molecule has 1 aliphatic heterocycles. The van der Waals surface area contributed by atoms with Crippen LogP contribution in [0.1, 0.15) is 23.2 Å². The summed E-state index contributed by atoms with van der Waals surface area (Å²) in [5.41, 5.74) is 1.10. The van der Waals surface area contributed by atoms with E-state index in [1.165, 1.54) is 0 Å². The van der Waals surface area contributed by atoms with Crippen molar-refractivity contribution in [2.45, 2.75) is 24.9 Å². The van der Waals surface area contributed by atoms with E-state index in [1.54, 1.807) is 30.0 Å². The van der Waals surface area contributed by atoms with Gasteiger partial charge in [-0.1, -0.05) is 12.1 Å². The number of rotatable bonds is 4. The lowest BCUT2D eigenvalue weighted by atomic mass is 10.1. The summed E-state index contributed by atoms with van der Waals surface area (Å²) in [6.07, 6.45) is 2.09. The predicted octanol–water partition coefficient (Wildman–Crippen LogP) is 1.18. The van der Waals surface area contributed by atoms with Crippen LogP contribution in [0.3, 0.4) is 0 Å². The fourth-order valence-corrected chi connectivity index (χ4v) is 3.01. The zero-order chi connectivity index (χ0) is 13.9. The van der Waals surface area contributed by atoms with Gasteiger partial charge in [-0.15, -0.1) is 11.8 Å². The summed E-state index contributed by atoms with van der Waals surface area (Å²) in [4.78, 5) is 24.2. The zero-order valence-electron chi connectivity index (χ0n) is 11.0. The van der Waals surface area contributed by atoms with Gasteiger partial charge in [0.2, 0.25) is 5.91 Å². The quantitative estimate of drug-likeness (QED) is 0.779. The Morgan fingerprint density at radius 2 is 2.05 bits per heavy atom. The van der Waals surface area contributed by atoms with Crippen molar-refractivity contribution >= 4 is 29.3 Å². The summed E-state index contributed by atoms with van der Waals surface area (Å²) in [6, 6.07) is 7.26. The second kappa shape index (κ2) is 5.85. The first kappa shape index (κ1) is 13.5. The highest BCUT2D eigenvalue weighted by Gasteiger charge is 2.26. The number of benzene rings is 1. The first-order valence-corrected chi connectivity index (χ1v) is 7.91. The Balaban J connectivity index is 1.71. The lowest BCUT2D eigenvalue weighted by molar-refractivity contribution is -0.117. The molecule has 1 atom stereocenters. The van der Waals surface area contributed by atoms with Gasteiger partial charge in [-0.25, -0.2) is 0 Å². The first-order valence-electron chi connectivity index (χ1n) is 6.76. The third-order valence-electron chi connectivity index (χ3n) is 3.37. The van der Waals surface area contributed by atoms with E-state index >= 15 is 0 Å². The highest BCUT2D eigenvalue weighted by Crippen LogP contribution is 2.22. The van der Waals surface area contributed by atoms with Crippen LogP contribution in [0, 0.1) is 0 Å². The van der Waals surface area contributed by atoms with Crippen molar-refractivity contribution in [1.29, 1.82) is 0 Å². The number of para-hydroxylation sites is 1. The van der Waals surface area contributed by atoms with Gasteiger partial charge in [0.05, 0.1) is 17.3 Å². The summed E-state index contributed by atoms with van der Waals surface area (Å²) >= 11 is 1.70. The van der Waals surface area contributed by atoms with Crippen molar-refractivity contribution < 1.29 is 9.59 Å². The minimum absolute atomic E-state index is 0.0818. The summed E-state index contributed by atoms with van der Waals surface area (Å²) < 4.78 is 0. The average molecular weight is 291 g/mol. The Labute approximate surface area is 121 Å². The van der Waals surface area contributed by atoms with Gasteiger partial charge in [-0.05, 0) is 25.0 Å². The van der Waals surface area contributed by atoms with Gasteiger partial charge in [-0.3, -0.25) is 14.9 Å².